The monoisotopic (exact) mass is 281 g/mol. The number of hydrogen-bond donors (Lipinski definition) is 0. The summed E-state index contributed by atoms with van der Waals surface area (Å²) in [6, 6.07) is 8.75. The molecule has 0 N–H and O–H groups in total. The van der Waals surface area contributed by atoms with Gasteiger partial charge in [0.2, 0.25) is 0 Å². The molecule has 0 aromatic heterocycles. The lowest BCUT2D eigenvalue weighted by Gasteiger charge is -2.20. The van der Waals surface area contributed by atoms with E-state index in [9.17, 15) is 13.2 Å². The van der Waals surface area contributed by atoms with Gasteiger partial charge in [0.15, 0.2) is 0 Å². The molecule has 0 radical (unpaired) electrons. The maximum Gasteiger partial charge on any atom is 0.267 e. The second-order valence-electron chi connectivity index (χ2n) is 3.63. The number of hydrogen-bond acceptors (Lipinski definition) is 4. The van der Waals surface area contributed by atoms with Gasteiger partial charge in [-0.05, 0) is 19.1 Å². The highest BCUT2D eigenvalue weighted by molar-refractivity contribution is 7.86. The Morgan fingerprint density at radius 2 is 2.00 bits per heavy atom. The third kappa shape index (κ3) is 4.73. The molecular formula is C13H15NO4S. The number of rotatable bonds is 6. The number of benzene rings is 1. The molecule has 6 heteroatoms. The Morgan fingerprint density at radius 1 is 1.37 bits per heavy atom. The molecule has 0 unspecified atom stereocenters. The smallest absolute Gasteiger partial charge is 0.267 e. The van der Waals surface area contributed by atoms with Crippen molar-refractivity contribution in [3.63, 3.8) is 0 Å². The van der Waals surface area contributed by atoms with Gasteiger partial charge in [-0.1, -0.05) is 24.1 Å². The van der Waals surface area contributed by atoms with Crippen molar-refractivity contribution in [2.75, 3.05) is 23.8 Å². The van der Waals surface area contributed by atoms with E-state index in [4.69, 9.17) is 6.42 Å². The van der Waals surface area contributed by atoms with Crippen LogP contribution < -0.4 is 4.90 Å². The van der Waals surface area contributed by atoms with Crippen LogP contribution in [0.15, 0.2) is 30.3 Å². The average molecular weight is 281 g/mol. The summed E-state index contributed by atoms with van der Waals surface area (Å²) in [5.74, 6) is 1.68. The minimum absolute atomic E-state index is 0.0539. The molecule has 0 aliphatic rings. The molecule has 0 saturated heterocycles. The van der Waals surface area contributed by atoms with Crippen molar-refractivity contribution >= 4 is 21.7 Å². The first kappa shape index (κ1) is 15.2. The molecule has 1 rings (SSSR count). The third-order valence-electron chi connectivity index (χ3n) is 2.33. The molecular weight excluding hydrogens is 266 g/mol. The number of nitrogens with zero attached hydrogens (tertiary/aromatic N) is 1. The molecule has 0 aliphatic carbocycles. The Morgan fingerprint density at radius 3 is 2.53 bits per heavy atom. The summed E-state index contributed by atoms with van der Waals surface area (Å²) < 4.78 is 27.0. The number of carbonyl (C=O) groups is 1. The first-order valence-corrected chi connectivity index (χ1v) is 7.24. The van der Waals surface area contributed by atoms with Gasteiger partial charge in [-0.15, -0.1) is 6.42 Å². The van der Waals surface area contributed by atoms with Crippen LogP contribution in [0.25, 0.3) is 0 Å². The topological polar surface area (TPSA) is 63.7 Å². The van der Waals surface area contributed by atoms with Crippen LogP contribution >= 0.6 is 0 Å². The number of anilines is 1. The number of amides is 1. The van der Waals surface area contributed by atoms with Crippen molar-refractivity contribution in [3.8, 4) is 12.3 Å². The molecule has 0 aliphatic heterocycles. The van der Waals surface area contributed by atoms with E-state index >= 15 is 0 Å². The lowest BCUT2D eigenvalue weighted by Crippen LogP contribution is -2.35. The maximum atomic E-state index is 11.9. The molecule has 5 nitrogen and oxygen atoms in total. The van der Waals surface area contributed by atoms with E-state index < -0.39 is 22.6 Å². The van der Waals surface area contributed by atoms with E-state index in [0.717, 1.165) is 0 Å². The molecule has 0 atom stereocenters. The minimum atomic E-state index is -3.64. The zero-order valence-electron chi connectivity index (χ0n) is 10.6. The lowest BCUT2D eigenvalue weighted by atomic mass is 10.3. The van der Waals surface area contributed by atoms with Crippen LogP contribution in [0.3, 0.4) is 0 Å². The van der Waals surface area contributed by atoms with Crippen molar-refractivity contribution in [2.45, 2.75) is 6.92 Å². The lowest BCUT2D eigenvalue weighted by molar-refractivity contribution is -0.120. The summed E-state index contributed by atoms with van der Waals surface area (Å²) in [7, 11) is -3.64. The molecule has 0 heterocycles. The number of terminal acetylenes is 1. The highest BCUT2D eigenvalue weighted by Crippen LogP contribution is 2.13. The van der Waals surface area contributed by atoms with Gasteiger partial charge >= 0.3 is 0 Å². The quantitative estimate of drug-likeness (QED) is 0.577. The van der Waals surface area contributed by atoms with Crippen LogP contribution in [0.1, 0.15) is 6.92 Å². The van der Waals surface area contributed by atoms with E-state index in [0.29, 0.717) is 5.69 Å². The summed E-state index contributed by atoms with van der Waals surface area (Å²) >= 11 is 0. The van der Waals surface area contributed by atoms with E-state index in [-0.39, 0.29) is 12.3 Å². The van der Waals surface area contributed by atoms with Gasteiger partial charge in [-0.3, -0.25) is 13.9 Å². The Hall–Kier alpha value is -1.84. The predicted molar refractivity (Wildman–Crippen MR) is 73.0 cm³/mol. The normalized spacial score (nSPS) is 10.7. The highest BCUT2D eigenvalue weighted by Gasteiger charge is 2.18. The fraction of sp³-hybridized carbons (Fsp3) is 0.308. The van der Waals surface area contributed by atoms with E-state index in [1.165, 1.54) is 11.8 Å². The number of para-hydroxylation sites is 1. The van der Waals surface area contributed by atoms with Crippen molar-refractivity contribution in [3.05, 3.63) is 30.3 Å². The van der Waals surface area contributed by atoms with Crippen LogP contribution in [0, 0.1) is 12.3 Å². The molecule has 1 aromatic carbocycles. The zero-order valence-corrected chi connectivity index (χ0v) is 11.4. The van der Waals surface area contributed by atoms with Gasteiger partial charge in [0.05, 0.1) is 12.3 Å². The molecule has 0 saturated carbocycles. The predicted octanol–water partition coefficient (Wildman–Crippen LogP) is 1.02. The molecule has 19 heavy (non-hydrogen) atoms. The van der Waals surface area contributed by atoms with E-state index in [1.807, 2.05) is 0 Å². The molecule has 0 fully saturated rings. The van der Waals surface area contributed by atoms with Gasteiger partial charge in [0.1, 0.15) is 6.61 Å². The van der Waals surface area contributed by atoms with Crippen LogP contribution in [0.2, 0.25) is 0 Å². The second kappa shape index (κ2) is 6.92. The molecule has 1 aromatic rings. The minimum Gasteiger partial charge on any atom is -0.299 e. The maximum absolute atomic E-state index is 11.9. The standard InChI is InChI=1S/C13H15NO4S/c1-3-10-14(12-8-6-5-7-9-12)13(15)11-18-19(16,17)4-2/h1,5-9H,4,10-11H2,2H3. The highest BCUT2D eigenvalue weighted by atomic mass is 32.2. The second-order valence-corrected chi connectivity index (χ2v) is 5.56. The molecule has 102 valence electrons. The number of carbonyl (C=O) groups excluding carboxylic acids is 1. The average Bonchev–Trinajstić information content (AvgIpc) is 2.43. The van der Waals surface area contributed by atoms with Gasteiger partial charge in [0, 0.05) is 5.69 Å². The summed E-state index contributed by atoms with van der Waals surface area (Å²) in [6.07, 6.45) is 5.21. The SMILES string of the molecule is C#CCN(C(=O)COS(=O)(=O)CC)c1ccccc1. The van der Waals surface area contributed by atoms with Crippen LogP contribution in [-0.2, 0) is 19.1 Å². The fourth-order valence-electron chi connectivity index (χ4n) is 1.32. The summed E-state index contributed by atoms with van der Waals surface area (Å²) in [5, 5.41) is 0. The van der Waals surface area contributed by atoms with Crippen molar-refractivity contribution in [1.29, 1.82) is 0 Å². The first-order valence-electron chi connectivity index (χ1n) is 5.66. The van der Waals surface area contributed by atoms with Crippen LogP contribution in [-0.4, -0.2) is 33.2 Å². The summed E-state index contributed by atoms with van der Waals surface area (Å²) in [4.78, 5) is 13.2. The Labute approximate surface area is 113 Å². The van der Waals surface area contributed by atoms with Gasteiger partial charge in [-0.25, -0.2) is 0 Å². The Bertz CT molecular complexity index is 560. The molecule has 0 spiro atoms. The Kier molecular flexibility index (Phi) is 5.55. The van der Waals surface area contributed by atoms with Crippen molar-refractivity contribution in [1.82, 2.24) is 0 Å². The third-order valence-corrected chi connectivity index (χ3v) is 3.52. The first-order chi connectivity index (χ1) is 9.00. The van der Waals surface area contributed by atoms with E-state index in [2.05, 4.69) is 10.1 Å². The van der Waals surface area contributed by atoms with Crippen molar-refractivity contribution in [2.24, 2.45) is 0 Å². The van der Waals surface area contributed by atoms with Gasteiger partial charge < -0.3 is 0 Å². The Balaban J connectivity index is 2.78. The van der Waals surface area contributed by atoms with Gasteiger partial charge in [0.25, 0.3) is 16.0 Å². The molecule has 1 amide bonds. The van der Waals surface area contributed by atoms with Gasteiger partial charge in [-0.2, -0.15) is 8.42 Å². The van der Waals surface area contributed by atoms with Crippen molar-refractivity contribution < 1.29 is 17.4 Å². The summed E-state index contributed by atoms with van der Waals surface area (Å²) in [5.41, 5.74) is 0.600. The van der Waals surface area contributed by atoms with Crippen LogP contribution in [0.4, 0.5) is 5.69 Å². The molecule has 0 bridgehead atoms. The summed E-state index contributed by atoms with van der Waals surface area (Å²) in [6.45, 7) is 0.946. The zero-order chi connectivity index (χ0) is 14.3. The largest absolute Gasteiger partial charge is 0.299 e. The van der Waals surface area contributed by atoms with E-state index in [1.54, 1.807) is 30.3 Å². The van der Waals surface area contributed by atoms with Crippen LogP contribution in [0.5, 0.6) is 0 Å². The fourth-order valence-corrected chi connectivity index (χ4v) is 1.77.